The van der Waals surface area contributed by atoms with Gasteiger partial charge in [-0.3, -0.25) is 4.79 Å². The van der Waals surface area contributed by atoms with Crippen LogP contribution in [0.15, 0.2) is 28.8 Å². The molecule has 0 aliphatic carbocycles. The van der Waals surface area contributed by atoms with E-state index in [1.807, 2.05) is 18.7 Å². The molecule has 2 N–H and O–H groups in total. The third-order valence-electron chi connectivity index (χ3n) is 5.17. The maximum Gasteiger partial charge on any atom is 0.239 e. The molecular formula is C19H26ClFN4O2. The topological polar surface area (TPSA) is 85.3 Å². The Labute approximate surface area is 164 Å². The molecule has 1 saturated heterocycles. The number of likely N-dealkylation sites (tertiary alicyclic amines) is 1. The number of hydrogen-bond acceptors (Lipinski definition) is 5. The Morgan fingerprint density at radius 3 is 2.78 bits per heavy atom. The van der Waals surface area contributed by atoms with Crippen molar-refractivity contribution in [2.24, 2.45) is 11.7 Å². The first-order valence-corrected chi connectivity index (χ1v) is 9.13. The van der Waals surface area contributed by atoms with Crippen LogP contribution in [0.5, 0.6) is 0 Å². The lowest BCUT2D eigenvalue weighted by Crippen LogP contribution is -2.50. The summed E-state index contributed by atoms with van der Waals surface area (Å²) in [5.41, 5.74) is 6.80. The second-order valence-corrected chi connectivity index (χ2v) is 7.00. The summed E-state index contributed by atoms with van der Waals surface area (Å²) >= 11 is 0. The van der Waals surface area contributed by atoms with Gasteiger partial charge in [0.05, 0.1) is 12.0 Å². The van der Waals surface area contributed by atoms with Crippen molar-refractivity contribution in [1.82, 2.24) is 15.0 Å². The van der Waals surface area contributed by atoms with Crippen LogP contribution in [0.3, 0.4) is 0 Å². The molecule has 0 saturated carbocycles. The number of nitrogens with two attached hydrogens (primary N) is 1. The molecule has 2 aromatic rings. The van der Waals surface area contributed by atoms with Gasteiger partial charge >= 0.3 is 0 Å². The predicted octanol–water partition coefficient (Wildman–Crippen LogP) is 3.38. The van der Waals surface area contributed by atoms with E-state index in [4.69, 9.17) is 10.3 Å². The summed E-state index contributed by atoms with van der Waals surface area (Å²) in [4.78, 5) is 18.9. The van der Waals surface area contributed by atoms with E-state index in [1.54, 1.807) is 12.1 Å². The van der Waals surface area contributed by atoms with E-state index in [1.165, 1.54) is 12.1 Å². The van der Waals surface area contributed by atoms with Gasteiger partial charge in [0.1, 0.15) is 5.82 Å². The first-order chi connectivity index (χ1) is 12.5. The molecule has 0 spiro atoms. The molecule has 2 heterocycles. The SMILES string of the molecule is CCC(C)C(N)C(=O)N1CCCC(c2nc(-c3ccc(F)cc3)no2)C1.Cl. The van der Waals surface area contributed by atoms with E-state index in [2.05, 4.69) is 10.1 Å². The van der Waals surface area contributed by atoms with Crippen LogP contribution in [-0.2, 0) is 4.79 Å². The molecule has 1 amide bonds. The molecule has 3 unspecified atom stereocenters. The number of carbonyl (C=O) groups excluding carboxylic acids is 1. The van der Waals surface area contributed by atoms with Crippen molar-refractivity contribution < 1.29 is 13.7 Å². The molecule has 1 fully saturated rings. The van der Waals surface area contributed by atoms with Gasteiger partial charge < -0.3 is 15.2 Å². The van der Waals surface area contributed by atoms with E-state index in [0.717, 1.165) is 19.3 Å². The zero-order valence-corrected chi connectivity index (χ0v) is 16.4. The minimum Gasteiger partial charge on any atom is -0.341 e. The molecule has 0 bridgehead atoms. The molecule has 8 heteroatoms. The van der Waals surface area contributed by atoms with Gasteiger partial charge in [-0.2, -0.15) is 4.98 Å². The monoisotopic (exact) mass is 396 g/mol. The van der Waals surface area contributed by atoms with Crippen LogP contribution in [0.25, 0.3) is 11.4 Å². The van der Waals surface area contributed by atoms with Gasteiger partial charge in [-0.15, -0.1) is 12.4 Å². The van der Waals surface area contributed by atoms with Gasteiger partial charge in [-0.25, -0.2) is 4.39 Å². The largest absolute Gasteiger partial charge is 0.341 e. The number of hydrogen-bond donors (Lipinski definition) is 1. The molecule has 1 aromatic heterocycles. The van der Waals surface area contributed by atoms with Crippen LogP contribution < -0.4 is 5.73 Å². The maximum atomic E-state index is 13.1. The van der Waals surface area contributed by atoms with Crippen molar-refractivity contribution >= 4 is 18.3 Å². The highest BCUT2D eigenvalue weighted by molar-refractivity contribution is 5.85. The summed E-state index contributed by atoms with van der Waals surface area (Å²) in [6.07, 6.45) is 2.63. The van der Waals surface area contributed by atoms with Crippen molar-refractivity contribution in [3.63, 3.8) is 0 Å². The van der Waals surface area contributed by atoms with E-state index in [0.29, 0.717) is 30.4 Å². The fraction of sp³-hybridized carbons (Fsp3) is 0.526. The smallest absolute Gasteiger partial charge is 0.239 e. The molecule has 1 aliphatic heterocycles. The van der Waals surface area contributed by atoms with Crippen LogP contribution in [0, 0.1) is 11.7 Å². The zero-order valence-electron chi connectivity index (χ0n) is 15.6. The Morgan fingerprint density at radius 1 is 1.41 bits per heavy atom. The van der Waals surface area contributed by atoms with Crippen molar-refractivity contribution in [3.05, 3.63) is 36.0 Å². The average molecular weight is 397 g/mol. The van der Waals surface area contributed by atoms with E-state index < -0.39 is 6.04 Å². The molecule has 148 valence electrons. The summed E-state index contributed by atoms with van der Waals surface area (Å²) in [7, 11) is 0. The second-order valence-electron chi connectivity index (χ2n) is 7.00. The molecule has 6 nitrogen and oxygen atoms in total. The lowest BCUT2D eigenvalue weighted by Gasteiger charge is -2.34. The molecule has 1 aliphatic rings. The number of rotatable bonds is 5. The van der Waals surface area contributed by atoms with Crippen molar-refractivity contribution in [2.45, 2.75) is 45.1 Å². The number of carbonyl (C=O) groups is 1. The summed E-state index contributed by atoms with van der Waals surface area (Å²) in [6, 6.07) is 5.49. The molecule has 27 heavy (non-hydrogen) atoms. The third kappa shape index (κ3) is 4.84. The van der Waals surface area contributed by atoms with E-state index in [9.17, 15) is 9.18 Å². The van der Waals surface area contributed by atoms with Crippen LogP contribution >= 0.6 is 12.4 Å². The highest BCUT2D eigenvalue weighted by Gasteiger charge is 2.32. The number of halogens is 2. The summed E-state index contributed by atoms with van der Waals surface area (Å²) in [5.74, 6) is 0.771. The molecular weight excluding hydrogens is 371 g/mol. The standard InChI is InChI=1S/C19H25FN4O2.ClH/c1-3-12(2)16(21)19(25)24-10-4-5-14(11-24)18-22-17(23-26-18)13-6-8-15(20)9-7-13;/h6-9,12,14,16H,3-5,10-11,21H2,1-2H3;1H. The quantitative estimate of drug-likeness (QED) is 0.837. The maximum absolute atomic E-state index is 13.1. The van der Waals surface area contributed by atoms with Gasteiger partial charge in [-0.05, 0) is 43.0 Å². The van der Waals surface area contributed by atoms with Gasteiger partial charge in [0.25, 0.3) is 0 Å². The van der Waals surface area contributed by atoms with Gasteiger partial charge in [0.2, 0.25) is 17.6 Å². The van der Waals surface area contributed by atoms with Crippen LogP contribution in [-0.4, -0.2) is 40.1 Å². The lowest BCUT2D eigenvalue weighted by atomic mass is 9.94. The highest BCUT2D eigenvalue weighted by Crippen LogP contribution is 2.28. The molecule has 3 rings (SSSR count). The van der Waals surface area contributed by atoms with Crippen LogP contribution in [0.1, 0.15) is 44.9 Å². The average Bonchev–Trinajstić information content (AvgIpc) is 3.17. The Hall–Kier alpha value is -1.99. The summed E-state index contributed by atoms with van der Waals surface area (Å²) in [5, 5.41) is 4.00. The van der Waals surface area contributed by atoms with Gasteiger partial charge in [0.15, 0.2) is 0 Å². The minimum atomic E-state index is -0.476. The molecule has 1 aromatic carbocycles. The van der Waals surface area contributed by atoms with E-state index in [-0.39, 0.29) is 36.0 Å². The number of piperidine rings is 1. The Kier molecular flexibility index (Phi) is 7.33. The van der Waals surface area contributed by atoms with Gasteiger partial charge in [0, 0.05) is 18.7 Å². The van der Waals surface area contributed by atoms with Gasteiger partial charge in [-0.1, -0.05) is 25.4 Å². The van der Waals surface area contributed by atoms with Crippen LogP contribution in [0.4, 0.5) is 4.39 Å². The number of benzene rings is 1. The normalized spacial score (nSPS) is 19.3. The number of amides is 1. The Morgan fingerprint density at radius 2 is 2.11 bits per heavy atom. The Balaban J connectivity index is 0.00000261. The fourth-order valence-electron chi connectivity index (χ4n) is 3.20. The molecule has 3 atom stereocenters. The number of aromatic nitrogens is 2. The minimum absolute atomic E-state index is 0. The predicted molar refractivity (Wildman–Crippen MR) is 103 cm³/mol. The zero-order chi connectivity index (χ0) is 18.7. The highest BCUT2D eigenvalue weighted by atomic mass is 35.5. The third-order valence-corrected chi connectivity index (χ3v) is 5.17. The van der Waals surface area contributed by atoms with E-state index >= 15 is 0 Å². The second kappa shape index (κ2) is 9.28. The number of nitrogens with zero attached hydrogens (tertiary/aromatic N) is 3. The lowest BCUT2D eigenvalue weighted by molar-refractivity contribution is -0.135. The summed E-state index contributed by atoms with van der Waals surface area (Å²) < 4.78 is 18.5. The van der Waals surface area contributed by atoms with Crippen molar-refractivity contribution in [1.29, 1.82) is 0 Å². The van der Waals surface area contributed by atoms with Crippen molar-refractivity contribution in [2.75, 3.05) is 13.1 Å². The molecule has 0 radical (unpaired) electrons. The van der Waals surface area contributed by atoms with Crippen LogP contribution in [0.2, 0.25) is 0 Å². The first kappa shape index (κ1) is 21.3. The summed E-state index contributed by atoms with van der Waals surface area (Å²) in [6.45, 7) is 5.27. The Bertz CT molecular complexity index is 752. The first-order valence-electron chi connectivity index (χ1n) is 9.13. The fourth-order valence-corrected chi connectivity index (χ4v) is 3.20. The van der Waals surface area contributed by atoms with Crippen molar-refractivity contribution in [3.8, 4) is 11.4 Å².